The maximum absolute atomic E-state index is 13.6. The summed E-state index contributed by atoms with van der Waals surface area (Å²) in [6.07, 6.45) is 5.19. The summed E-state index contributed by atoms with van der Waals surface area (Å²) in [6.45, 7) is 10.9. The molecule has 6 nitrogen and oxygen atoms in total. The summed E-state index contributed by atoms with van der Waals surface area (Å²) in [4.78, 5) is 23.8. The first kappa shape index (κ1) is 22.9. The lowest BCUT2D eigenvalue weighted by Crippen LogP contribution is -2.62. The van der Waals surface area contributed by atoms with Gasteiger partial charge in [-0.1, -0.05) is 23.9 Å². The van der Waals surface area contributed by atoms with Gasteiger partial charge in [0.2, 0.25) is 0 Å². The summed E-state index contributed by atoms with van der Waals surface area (Å²) in [5.41, 5.74) is 2.06. The molecule has 1 aromatic carbocycles. The number of aromatic amines is 1. The lowest BCUT2D eigenvalue weighted by molar-refractivity contribution is -0.141. The number of halogens is 1. The van der Waals surface area contributed by atoms with Crippen LogP contribution < -0.4 is 5.32 Å². The zero-order valence-electron chi connectivity index (χ0n) is 19.2. The van der Waals surface area contributed by atoms with E-state index in [0.29, 0.717) is 5.70 Å². The molecule has 0 aliphatic carbocycles. The number of esters is 1. The molecule has 0 radical (unpaired) electrons. The SMILES string of the molecule is CCOC(=O)C1=C(c2ccc(F)cc2)SC(c2cnc[nH]2)N1C1CC(C)(C)NC(C)(C)C1. The van der Waals surface area contributed by atoms with Crippen molar-refractivity contribution in [3.05, 3.63) is 59.6 Å². The average molecular weight is 459 g/mol. The fourth-order valence-corrected chi connectivity index (χ4v) is 6.56. The van der Waals surface area contributed by atoms with E-state index in [0.717, 1.165) is 29.0 Å². The third-order valence-electron chi connectivity index (χ3n) is 5.88. The van der Waals surface area contributed by atoms with Crippen LogP contribution in [0.3, 0.4) is 0 Å². The molecular formula is C24H31FN4O2S. The predicted octanol–water partition coefficient (Wildman–Crippen LogP) is 4.84. The van der Waals surface area contributed by atoms with E-state index in [1.807, 2.05) is 6.92 Å². The maximum Gasteiger partial charge on any atom is 0.355 e. The predicted molar refractivity (Wildman–Crippen MR) is 125 cm³/mol. The van der Waals surface area contributed by atoms with Crippen molar-refractivity contribution < 1.29 is 13.9 Å². The van der Waals surface area contributed by atoms with Gasteiger partial charge in [0.1, 0.15) is 16.9 Å². The molecule has 2 aromatic rings. The third-order valence-corrected chi connectivity index (χ3v) is 7.25. The molecule has 3 heterocycles. The Kier molecular flexibility index (Phi) is 6.11. The molecule has 2 N–H and O–H groups in total. The molecule has 1 atom stereocenters. The van der Waals surface area contributed by atoms with Gasteiger partial charge in [0.25, 0.3) is 0 Å². The summed E-state index contributed by atoms with van der Waals surface area (Å²) in [5, 5.41) is 3.57. The van der Waals surface area contributed by atoms with Crippen LogP contribution in [0.2, 0.25) is 0 Å². The van der Waals surface area contributed by atoms with E-state index in [1.54, 1.807) is 36.4 Å². The Morgan fingerprint density at radius 1 is 1.22 bits per heavy atom. The van der Waals surface area contributed by atoms with Gasteiger partial charge in [-0.25, -0.2) is 14.2 Å². The van der Waals surface area contributed by atoms with Crippen LogP contribution in [-0.4, -0.2) is 44.6 Å². The number of piperidine rings is 1. The number of carbonyl (C=O) groups excluding carboxylic acids is 1. The minimum absolute atomic E-state index is 0.0967. The van der Waals surface area contributed by atoms with Crippen molar-refractivity contribution in [2.75, 3.05) is 6.61 Å². The Balaban J connectivity index is 1.86. The fourth-order valence-electron chi connectivity index (χ4n) is 5.12. The maximum atomic E-state index is 13.6. The zero-order chi connectivity index (χ0) is 23.1. The highest BCUT2D eigenvalue weighted by Crippen LogP contribution is 2.54. The summed E-state index contributed by atoms with van der Waals surface area (Å²) in [6, 6.07) is 6.40. The number of rotatable bonds is 5. The van der Waals surface area contributed by atoms with Crippen LogP contribution in [0.1, 0.15) is 64.1 Å². The van der Waals surface area contributed by atoms with Crippen molar-refractivity contribution >= 4 is 22.6 Å². The van der Waals surface area contributed by atoms with E-state index < -0.39 is 0 Å². The summed E-state index contributed by atoms with van der Waals surface area (Å²) >= 11 is 1.58. The molecule has 1 saturated heterocycles. The number of hydrogen-bond acceptors (Lipinski definition) is 6. The lowest BCUT2D eigenvalue weighted by Gasteiger charge is -2.50. The molecule has 2 aliphatic heterocycles. The highest BCUT2D eigenvalue weighted by atomic mass is 32.2. The Morgan fingerprint density at radius 3 is 2.44 bits per heavy atom. The number of nitrogens with one attached hydrogen (secondary N) is 2. The monoisotopic (exact) mass is 458 g/mol. The van der Waals surface area contributed by atoms with Gasteiger partial charge in [0.05, 0.1) is 24.8 Å². The molecule has 172 valence electrons. The van der Waals surface area contributed by atoms with Crippen LogP contribution in [0, 0.1) is 5.82 Å². The second kappa shape index (κ2) is 8.56. The van der Waals surface area contributed by atoms with Gasteiger partial charge < -0.3 is 19.9 Å². The molecule has 0 amide bonds. The lowest BCUT2D eigenvalue weighted by atomic mass is 9.78. The van der Waals surface area contributed by atoms with Gasteiger partial charge in [-0.15, -0.1) is 0 Å². The quantitative estimate of drug-likeness (QED) is 0.625. The third kappa shape index (κ3) is 4.57. The molecule has 1 unspecified atom stereocenters. The number of hydrogen-bond donors (Lipinski definition) is 2. The normalized spacial score (nSPS) is 22.9. The largest absolute Gasteiger partial charge is 0.461 e. The fraction of sp³-hybridized carbons (Fsp3) is 0.500. The van der Waals surface area contributed by atoms with Crippen LogP contribution >= 0.6 is 11.8 Å². The van der Waals surface area contributed by atoms with E-state index in [-0.39, 0.29) is 40.9 Å². The minimum atomic E-state index is -0.351. The van der Waals surface area contributed by atoms with Crippen LogP contribution in [0.4, 0.5) is 4.39 Å². The number of ether oxygens (including phenoxy) is 1. The molecule has 32 heavy (non-hydrogen) atoms. The van der Waals surface area contributed by atoms with Gasteiger partial charge in [0.15, 0.2) is 0 Å². The number of imidazole rings is 1. The summed E-state index contributed by atoms with van der Waals surface area (Å²) < 4.78 is 19.2. The van der Waals surface area contributed by atoms with E-state index in [2.05, 4.69) is 47.9 Å². The molecule has 0 spiro atoms. The van der Waals surface area contributed by atoms with E-state index in [1.165, 1.54) is 12.1 Å². The Morgan fingerprint density at radius 2 is 1.88 bits per heavy atom. The first-order valence-electron chi connectivity index (χ1n) is 11.0. The number of nitrogens with zero attached hydrogens (tertiary/aromatic N) is 2. The first-order chi connectivity index (χ1) is 15.1. The average Bonchev–Trinajstić information content (AvgIpc) is 3.34. The van der Waals surface area contributed by atoms with Crippen LogP contribution in [0.25, 0.3) is 4.91 Å². The van der Waals surface area contributed by atoms with Gasteiger partial charge in [-0.2, -0.15) is 0 Å². The van der Waals surface area contributed by atoms with Crippen LogP contribution in [-0.2, 0) is 9.53 Å². The van der Waals surface area contributed by atoms with E-state index in [9.17, 15) is 9.18 Å². The molecule has 4 rings (SSSR count). The molecule has 1 fully saturated rings. The Bertz CT molecular complexity index is 986. The smallest absolute Gasteiger partial charge is 0.355 e. The number of H-pyrrole nitrogens is 1. The Labute approximate surface area is 193 Å². The van der Waals surface area contributed by atoms with Crippen molar-refractivity contribution in [2.45, 2.75) is 70.0 Å². The number of thioether (sulfide) groups is 1. The molecule has 0 bridgehead atoms. The van der Waals surface area contributed by atoms with Gasteiger partial charge >= 0.3 is 5.97 Å². The molecular weight excluding hydrogens is 427 g/mol. The van der Waals surface area contributed by atoms with Crippen molar-refractivity contribution in [1.82, 2.24) is 20.2 Å². The number of carbonyl (C=O) groups is 1. The van der Waals surface area contributed by atoms with E-state index in [4.69, 9.17) is 4.74 Å². The molecule has 1 aromatic heterocycles. The van der Waals surface area contributed by atoms with Crippen LogP contribution in [0.5, 0.6) is 0 Å². The highest BCUT2D eigenvalue weighted by molar-refractivity contribution is 8.08. The minimum Gasteiger partial charge on any atom is -0.461 e. The van der Waals surface area contributed by atoms with Crippen molar-refractivity contribution in [3.63, 3.8) is 0 Å². The second-order valence-electron chi connectivity index (χ2n) is 9.74. The highest BCUT2D eigenvalue weighted by Gasteiger charge is 2.48. The van der Waals surface area contributed by atoms with Gasteiger partial charge in [0, 0.05) is 22.0 Å². The first-order valence-corrected chi connectivity index (χ1v) is 11.9. The van der Waals surface area contributed by atoms with Crippen molar-refractivity contribution in [1.29, 1.82) is 0 Å². The molecule has 8 heteroatoms. The van der Waals surface area contributed by atoms with Crippen molar-refractivity contribution in [2.24, 2.45) is 0 Å². The van der Waals surface area contributed by atoms with Gasteiger partial charge in [-0.3, -0.25) is 0 Å². The summed E-state index contributed by atoms with van der Waals surface area (Å²) in [7, 11) is 0. The molecule has 2 aliphatic rings. The second-order valence-corrected chi connectivity index (χ2v) is 10.8. The molecule has 0 saturated carbocycles. The number of benzene rings is 1. The van der Waals surface area contributed by atoms with Crippen LogP contribution in [0.15, 0.2) is 42.5 Å². The number of aromatic nitrogens is 2. The zero-order valence-corrected chi connectivity index (χ0v) is 20.1. The van der Waals surface area contributed by atoms with Gasteiger partial charge in [-0.05, 0) is 65.2 Å². The summed E-state index contributed by atoms with van der Waals surface area (Å²) in [5.74, 6) is -0.658. The topological polar surface area (TPSA) is 70.2 Å². The Hall–Kier alpha value is -2.32. The van der Waals surface area contributed by atoms with Crippen molar-refractivity contribution in [3.8, 4) is 0 Å². The van der Waals surface area contributed by atoms with E-state index >= 15 is 0 Å². The standard InChI is InChI=1S/C24H31FN4O2S/c1-6-31-22(30)19-20(15-7-9-16(25)10-8-15)32-21(18-13-26-14-27-18)29(19)17-11-23(2,3)28-24(4,5)12-17/h7-10,13-14,17,21,28H,6,11-12H2,1-5H3,(H,26,27).